The summed E-state index contributed by atoms with van der Waals surface area (Å²) in [5.41, 5.74) is -0.907. The molecule has 1 aliphatic carbocycles. The van der Waals surface area contributed by atoms with Crippen LogP contribution in [0.1, 0.15) is 10.4 Å². The summed E-state index contributed by atoms with van der Waals surface area (Å²) in [6.07, 6.45) is -6.99. The highest BCUT2D eigenvalue weighted by Gasteiger charge is 2.77. The second-order valence-electron chi connectivity index (χ2n) is 8.84. The summed E-state index contributed by atoms with van der Waals surface area (Å²) in [5.74, 6) is -1.78. The van der Waals surface area contributed by atoms with Gasteiger partial charge in [-0.3, -0.25) is 0 Å². The van der Waals surface area contributed by atoms with Gasteiger partial charge in [0.25, 0.3) is 0 Å². The Morgan fingerprint density at radius 3 is 2.44 bits per heavy atom. The number of esters is 1. The molecule has 3 fully saturated rings. The number of aliphatic hydroxyl groups excluding tert-OH is 5. The van der Waals surface area contributed by atoms with Gasteiger partial charge in [-0.1, -0.05) is 0 Å². The van der Waals surface area contributed by atoms with E-state index in [4.69, 9.17) is 23.7 Å². The van der Waals surface area contributed by atoms with E-state index in [1.165, 1.54) is 30.5 Å². The summed E-state index contributed by atoms with van der Waals surface area (Å²) in [4.78, 5) is 12.7. The Labute approximate surface area is 193 Å². The molecule has 34 heavy (non-hydrogen) atoms. The first-order valence-corrected chi connectivity index (χ1v) is 10.9. The number of aromatic hydroxyl groups is 1. The normalized spacial score (nSPS) is 44.6. The van der Waals surface area contributed by atoms with E-state index in [1.807, 2.05) is 0 Å². The van der Waals surface area contributed by atoms with Gasteiger partial charge in [0.15, 0.2) is 6.29 Å². The molecular weight excluding hydrogens is 456 g/mol. The van der Waals surface area contributed by atoms with Crippen molar-refractivity contribution >= 4 is 5.97 Å². The predicted molar refractivity (Wildman–Crippen MR) is 108 cm³/mol. The minimum absolute atomic E-state index is 0.00264. The van der Waals surface area contributed by atoms with Crippen molar-refractivity contribution in [3.8, 4) is 5.75 Å². The number of ether oxygens (including phenoxy) is 5. The molecule has 0 bridgehead atoms. The number of carbonyl (C=O) groups excluding carboxylic acids is 1. The van der Waals surface area contributed by atoms with E-state index in [2.05, 4.69) is 0 Å². The van der Waals surface area contributed by atoms with Crippen LogP contribution in [0.2, 0.25) is 0 Å². The summed E-state index contributed by atoms with van der Waals surface area (Å²) in [5, 5.41) is 59.3. The maximum atomic E-state index is 12.7. The highest BCUT2D eigenvalue weighted by molar-refractivity contribution is 5.89. The molecular formula is C22H26O12. The Morgan fingerprint density at radius 1 is 1.03 bits per heavy atom. The van der Waals surface area contributed by atoms with Gasteiger partial charge < -0.3 is 54.3 Å². The Balaban J connectivity index is 1.34. The zero-order valence-electron chi connectivity index (χ0n) is 17.8. The van der Waals surface area contributed by atoms with Gasteiger partial charge in [0.1, 0.15) is 48.0 Å². The molecule has 12 heteroatoms. The molecule has 5 rings (SSSR count). The van der Waals surface area contributed by atoms with Crippen molar-refractivity contribution in [1.82, 2.24) is 0 Å². The number of fused-ring (bicyclic) bond motifs is 3. The van der Waals surface area contributed by atoms with Gasteiger partial charge in [-0.15, -0.1) is 0 Å². The molecule has 3 heterocycles. The molecule has 0 aromatic heterocycles. The molecule has 0 spiro atoms. The molecule has 0 amide bonds. The fourth-order valence-corrected chi connectivity index (χ4v) is 5.08. The number of phenolic OH excluding ortho intramolecular Hbond substituents is 1. The molecule has 3 aliphatic heterocycles. The van der Waals surface area contributed by atoms with E-state index < -0.39 is 85.8 Å². The van der Waals surface area contributed by atoms with Gasteiger partial charge in [0.05, 0.1) is 31.0 Å². The maximum absolute atomic E-state index is 12.7. The molecule has 6 N–H and O–H groups in total. The lowest BCUT2D eigenvalue weighted by Crippen LogP contribution is -2.60. The van der Waals surface area contributed by atoms with E-state index in [0.29, 0.717) is 0 Å². The first-order chi connectivity index (χ1) is 16.3. The van der Waals surface area contributed by atoms with Crippen LogP contribution >= 0.6 is 0 Å². The van der Waals surface area contributed by atoms with Gasteiger partial charge in [0, 0.05) is 5.92 Å². The van der Waals surface area contributed by atoms with Gasteiger partial charge in [-0.25, -0.2) is 4.79 Å². The molecule has 1 aromatic rings. The second-order valence-corrected chi connectivity index (χ2v) is 8.84. The molecule has 12 nitrogen and oxygen atoms in total. The minimum atomic E-state index is -1.64. The van der Waals surface area contributed by atoms with E-state index in [9.17, 15) is 35.4 Å². The van der Waals surface area contributed by atoms with Crippen LogP contribution in [0.5, 0.6) is 5.75 Å². The second kappa shape index (κ2) is 8.73. The van der Waals surface area contributed by atoms with Crippen molar-refractivity contribution in [2.24, 2.45) is 11.8 Å². The van der Waals surface area contributed by atoms with Crippen molar-refractivity contribution in [2.45, 2.75) is 54.8 Å². The summed E-state index contributed by atoms with van der Waals surface area (Å²) in [6.45, 7) is -1.04. The van der Waals surface area contributed by atoms with Crippen LogP contribution in [0.3, 0.4) is 0 Å². The highest BCUT2D eigenvalue weighted by Crippen LogP contribution is 2.60. The lowest BCUT2D eigenvalue weighted by atomic mass is 9.85. The molecule has 1 saturated carbocycles. The third kappa shape index (κ3) is 3.67. The molecule has 11 atom stereocenters. The fourth-order valence-electron chi connectivity index (χ4n) is 5.08. The predicted octanol–water partition coefficient (Wildman–Crippen LogP) is -2.02. The van der Waals surface area contributed by atoms with Crippen LogP contribution in [0, 0.1) is 11.8 Å². The first kappa shape index (κ1) is 23.5. The zero-order chi connectivity index (χ0) is 24.2. The highest BCUT2D eigenvalue weighted by atomic mass is 16.8. The average molecular weight is 482 g/mol. The Bertz CT molecular complexity index is 934. The number of phenols is 1. The third-order valence-corrected chi connectivity index (χ3v) is 6.94. The van der Waals surface area contributed by atoms with Gasteiger partial charge in [-0.2, -0.15) is 0 Å². The Morgan fingerprint density at radius 2 is 1.76 bits per heavy atom. The number of epoxide rings is 1. The van der Waals surface area contributed by atoms with E-state index in [1.54, 1.807) is 6.08 Å². The first-order valence-electron chi connectivity index (χ1n) is 10.9. The van der Waals surface area contributed by atoms with Gasteiger partial charge in [0.2, 0.25) is 6.29 Å². The zero-order valence-corrected chi connectivity index (χ0v) is 17.8. The lowest BCUT2D eigenvalue weighted by molar-refractivity contribution is -0.344. The topological polar surface area (TPSA) is 188 Å². The SMILES string of the molecule is O=C(OC1C2O[C@]2(CO)[C@@H]2C(OC3OC(CO)C(O)C(O)C3O)OC=C[C@H]12)c1ccc(O)cc1. The fraction of sp³-hybridized carbons (Fsp3) is 0.591. The quantitative estimate of drug-likeness (QED) is 0.193. The molecule has 1 aromatic carbocycles. The summed E-state index contributed by atoms with van der Waals surface area (Å²) in [7, 11) is 0. The molecule has 186 valence electrons. The monoisotopic (exact) mass is 482 g/mol. The van der Waals surface area contributed by atoms with E-state index in [-0.39, 0.29) is 11.3 Å². The van der Waals surface area contributed by atoms with Crippen LogP contribution in [-0.4, -0.2) is 105 Å². The van der Waals surface area contributed by atoms with Crippen molar-refractivity contribution in [3.63, 3.8) is 0 Å². The number of hydrogen-bond donors (Lipinski definition) is 6. The number of benzene rings is 1. The van der Waals surface area contributed by atoms with Gasteiger partial charge >= 0.3 is 5.97 Å². The molecule has 8 unspecified atom stereocenters. The third-order valence-electron chi connectivity index (χ3n) is 6.94. The van der Waals surface area contributed by atoms with Crippen molar-refractivity contribution in [3.05, 3.63) is 42.2 Å². The summed E-state index contributed by atoms with van der Waals surface area (Å²) < 4.78 is 28.3. The van der Waals surface area contributed by atoms with E-state index >= 15 is 0 Å². The number of hydrogen-bond acceptors (Lipinski definition) is 12. The molecule has 4 aliphatic rings. The minimum Gasteiger partial charge on any atom is -0.508 e. The van der Waals surface area contributed by atoms with Crippen LogP contribution in [0.15, 0.2) is 36.6 Å². The lowest BCUT2D eigenvalue weighted by Gasteiger charge is -2.43. The van der Waals surface area contributed by atoms with Crippen molar-refractivity contribution in [2.75, 3.05) is 13.2 Å². The van der Waals surface area contributed by atoms with E-state index in [0.717, 1.165) is 0 Å². The Kier molecular flexibility index (Phi) is 6.02. The number of rotatable bonds is 6. The average Bonchev–Trinajstić information content (AvgIpc) is 3.52. The number of aliphatic hydroxyl groups is 5. The van der Waals surface area contributed by atoms with Gasteiger partial charge in [-0.05, 0) is 30.3 Å². The smallest absolute Gasteiger partial charge is 0.338 e. The van der Waals surface area contributed by atoms with Crippen molar-refractivity contribution in [1.29, 1.82) is 0 Å². The van der Waals surface area contributed by atoms with Crippen molar-refractivity contribution < 1.29 is 59.1 Å². The largest absolute Gasteiger partial charge is 0.508 e. The van der Waals surface area contributed by atoms with Crippen LogP contribution < -0.4 is 0 Å². The Hall–Kier alpha value is -2.29. The standard InChI is InChI=1S/C22H26O12/c23-7-12-14(26)15(27)16(28)21(31-12)33-20-13-11(5-6-30-20)17(18-22(13,8-24)34-18)32-19(29)9-1-3-10(25)4-2-9/h1-6,11-18,20-21,23-28H,7-8H2/t11-,12?,13-,14?,15?,16?,17?,18?,20?,21?,22+/m0/s1. The number of carbonyl (C=O) groups is 1. The van der Waals surface area contributed by atoms with Crippen LogP contribution in [-0.2, 0) is 23.7 Å². The van der Waals surface area contributed by atoms with Crippen LogP contribution in [0.4, 0.5) is 0 Å². The molecule has 0 radical (unpaired) electrons. The summed E-state index contributed by atoms with van der Waals surface area (Å²) in [6, 6.07) is 5.56. The maximum Gasteiger partial charge on any atom is 0.338 e. The molecule has 2 saturated heterocycles. The summed E-state index contributed by atoms with van der Waals surface area (Å²) >= 11 is 0. The van der Waals surface area contributed by atoms with Crippen LogP contribution in [0.25, 0.3) is 0 Å².